The molecule has 0 aromatic carbocycles. The number of nitrogens with two attached hydrogens (primary N) is 1. The van der Waals surface area contributed by atoms with Gasteiger partial charge in [0, 0.05) is 24.5 Å². The molecule has 3 nitrogen and oxygen atoms in total. The number of aryl methyl sites for hydroxylation is 1. The largest absolute Gasteiger partial charge is 0.348 e. The van der Waals surface area contributed by atoms with Gasteiger partial charge in [0.25, 0.3) is 0 Å². The van der Waals surface area contributed by atoms with Crippen LogP contribution in [0.4, 0.5) is 5.13 Å². The second-order valence-corrected chi connectivity index (χ2v) is 7.58. The number of rotatable bonds is 4. The van der Waals surface area contributed by atoms with Gasteiger partial charge in [-0.15, -0.1) is 11.3 Å². The van der Waals surface area contributed by atoms with E-state index in [9.17, 15) is 0 Å². The summed E-state index contributed by atoms with van der Waals surface area (Å²) in [7, 11) is 0. The van der Waals surface area contributed by atoms with Crippen LogP contribution in [0.1, 0.15) is 62.4 Å². The summed E-state index contributed by atoms with van der Waals surface area (Å²) in [5, 5.41) is 1.22. The zero-order chi connectivity index (χ0) is 14.0. The van der Waals surface area contributed by atoms with Crippen molar-refractivity contribution >= 4 is 16.5 Å². The maximum atomic E-state index is 5.87. The monoisotopic (exact) mass is 293 g/mol. The van der Waals surface area contributed by atoms with Gasteiger partial charge in [0.05, 0.1) is 5.69 Å². The van der Waals surface area contributed by atoms with Gasteiger partial charge >= 0.3 is 0 Å². The normalized spacial score (nSPS) is 21.8. The van der Waals surface area contributed by atoms with Gasteiger partial charge in [-0.3, -0.25) is 0 Å². The molecule has 20 heavy (non-hydrogen) atoms. The Labute approximate surface area is 126 Å². The third-order valence-corrected chi connectivity index (χ3v) is 6.38. The van der Waals surface area contributed by atoms with Gasteiger partial charge < -0.3 is 10.6 Å². The molecule has 0 bridgehead atoms. The maximum Gasteiger partial charge on any atom is 0.185 e. The second kappa shape index (κ2) is 6.02. The van der Waals surface area contributed by atoms with Crippen molar-refractivity contribution in [1.82, 2.24) is 4.98 Å². The van der Waals surface area contributed by atoms with Crippen LogP contribution in [-0.2, 0) is 13.0 Å². The van der Waals surface area contributed by atoms with Crippen molar-refractivity contribution in [2.45, 2.75) is 64.8 Å². The van der Waals surface area contributed by atoms with Gasteiger partial charge in [-0.25, -0.2) is 4.98 Å². The molecule has 0 atom stereocenters. The van der Waals surface area contributed by atoms with Gasteiger partial charge in [-0.2, -0.15) is 0 Å². The van der Waals surface area contributed by atoms with Crippen LogP contribution in [0, 0.1) is 5.41 Å². The van der Waals surface area contributed by atoms with Crippen molar-refractivity contribution in [3.63, 3.8) is 0 Å². The van der Waals surface area contributed by atoms with Crippen molar-refractivity contribution < 1.29 is 0 Å². The zero-order valence-electron chi connectivity index (χ0n) is 12.7. The van der Waals surface area contributed by atoms with Crippen molar-refractivity contribution in [3.8, 4) is 0 Å². The SMILES string of the molecule is CCCc1nc(N2CCC3(CCCC3)CC2)sc1CN. The van der Waals surface area contributed by atoms with Crippen LogP contribution in [0.3, 0.4) is 0 Å². The molecule has 1 saturated carbocycles. The lowest BCUT2D eigenvalue weighted by Crippen LogP contribution is -2.38. The van der Waals surface area contributed by atoms with Gasteiger partial charge in [-0.05, 0) is 37.5 Å². The molecule has 1 saturated heterocycles. The van der Waals surface area contributed by atoms with Crippen LogP contribution in [0.5, 0.6) is 0 Å². The number of aromatic nitrogens is 1. The standard InChI is InChI=1S/C16H27N3S/c1-2-5-13-14(12-17)20-15(18-13)19-10-8-16(9-11-19)6-3-4-7-16/h2-12,17H2,1H3. The topological polar surface area (TPSA) is 42.2 Å². The van der Waals surface area contributed by atoms with E-state index >= 15 is 0 Å². The number of hydrogen-bond donors (Lipinski definition) is 1. The molecule has 0 unspecified atom stereocenters. The van der Waals surface area contributed by atoms with Crippen LogP contribution in [0.25, 0.3) is 0 Å². The van der Waals surface area contributed by atoms with E-state index in [4.69, 9.17) is 10.7 Å². The molecular weight excluding hydrogens is 266 g/mol. The molecule has 4 heteroatoms. The number of thiazole rings is 1. The van der Waals surface area contributed by atoms with E-state index in [1.54, 1.807) is 0 Å². The molecule has 0 amide bonds. The van der Waals surface area contributed by atoms with Crippen molar-refractivity contribution in [2.75, 3.05) is 18.0 Å². The Morgan fingerprint density at radius 1 is 1.20 bits per heavy atom. The third kappa shape index (κ3) is 2.73. The molecule has 1 aliphatic carbocycles. The zero-order valence-corrected chi connectivity index (χ0v) is 13.5. The molecule has 1 aromatic heterocycles. The minimum Gasteiger partial charge on any atom is -0.348 e. The van der Waals surface area contributed by atoms with Crippen LogP contribution >= 0.6 is 11.3 Å². The van der Waals surface area contributed by atoms with Gasteiger partial charge in [0.15, 0.2) is 5.13 Å². The molecule has 2 heterocycles. The fourth-order valence-electron chi connectivity index (χ4n) is 3.89. The molecule has 2 N–H and O–H groups in total. The minimum absolute atomic E-state index is 0.644. The highest BCUT2D eigenvalue weighted by Crippen LogP contribution is 2.47. The average Bonchev–Trinajstić information content (AvgIpc) is 3.08. The maximum absolute atomic E-state index is 5.87. The highest BCUT2D eigenvalue weighted by Gasteiger charge is 2.37. The number of nitrogens with zero attached hydrogens (tertiary/aromatic N) is 2. The summed E-state index contributed by atoms with van der Waals surface area (Å²) >= 11 is 1.83. The van der Waals surface area contributed by atoms with Crippen LogP contribution in [-0.4, -0.2) is 18.1 Å². The molecule has 2 aliphatic rings. The van der Waals surface area contributed by atoms with E-state index < -0.39 is 0 Å². The van der Waals surface area contributed by atoms with Gasteiger partial charge in [-0.1, -0.05) is 26.2 Å². The highest BCUT2D eigenvalue weighted by atomic mass is 32.1. The molecule has 1 aliphatic heterocycles. The molecule has 112 valence electrons. The van der Waals surface area contributed by atoms with E-state index in [-0.39, 0.29) is 0 Å². The predicted octanol–water partition coefficient (Wildman–Crippen LogP) is 3.71. The summed E-state index contributed by atoms with van der Waals surface area (Å²) in [5.41, 5.74) is 7.81. The van der Waals surface area contributed by atoms with E-state index in [0.717, 1.165) is 12.8 Å². The summed E-state index contributed by atoms with van der Waals surface area (Å²) in [6.45, 7) is 5.25. The molecule has 2 fully saturated rings. The molecule has 3 rings (SSSR count). The lowest BCUT2D eigenvalue weighted by Gasteiger charge is -2.39. The van der Waals surface area contributed by atoms with Crippen LogP contribution in [0.15, 0.2) is 0 Å². The summed E-state index contributed by atoms with van der Waals surface area (Å²) in [6, 6.07) is 0. The first-order valence-corrected chi connectivity index (χ1v) is 9.01. The minimum atomic E-state index is 0.644. The molecule has 1 spiro atoms. The number of piperidine rings is 1. The first-order valence-electron chi connectivity index (χ1n) is 8.20. The Balaban J connectivity index is 1.68. The molecule has 1 aromatic rings. The van der Waals surface area contributed by atoms with Crippen molar-refractivity contribution in [2.24, 2.45) is 11.1 Å². The molecular formula is C16H27N3S. The Morgan fingerprint density at radius 2 is 1.90 bits per heavy atom. The first kappa shape index (κ1) is 14.3. The fourth-order valence-corrected chi connectivity index (χ4v) is 4.93. The quantitative estimate of drug-likeness (QED) is 0.920. The van der Waals surface area contributed by atoms with E-state index in [1.165, 1.54) is 67.3 Å². The first-order chi connectivity index (χ1) is 9.76. The Kier molecular flexibility index (Phi) is 4.32. The lowest BCUT2D eigenvalue weighted by atomic mass is 9.77. The van der Waals surface area contributed by atoms with E-state index in [2.05, 4.69) is 11.8 Å². The smallest absolute Gasteiger partial charge is 0.185 e. The Morgan fingerprint density at radius 3 is 2.50 bits per heavy atom. The van der Waals surface area contributed by atoms with Gasteiger partial charge in [0.1, 0.15) is 0 Å². The van der Waals surface area contributed by atoms with E-state index in [0.29, 0.717) is 12.0 Å². The highest BCUT2D eigenvalue weighted by molar-refractivity contribution is 7.15. The summed E-state index contributed by atoms with van der Waals surface area (Å²) in [4.78, 5) is 8.67. The summed E-state index contributed by atoms with van der Waals surface area (Å²) in [5.74, 6) is 0. The summed E-state index contributed by atoms with van der Waals surface area (Å²) in [6.07, 6.45) is 10.8. The second-order valence-electron chi connectivity index (χ2n) is 6.51. The number of anilines is 1. The van der Waals surface area contributed by atoms with Crippen LogP contribution in [0.2, 0.25) is 0 Å². The summed E-state index contributed by atoms with van der Waals surface area (Å²) < 4.78 is 0. The number of hydrogen-bond acceptors (Lipinski definition) is 4. The third-order valence-electron chi connectivity index (χ3n) is 5.20. The van der Waals surface area contributed by atoms with Gasteiger partial charge in [0.2, 0.25) is 0 Å². The Hall–Kier alpha value is -0.610. The van der Waals surface area contributed by atoms with E-state index in [1.807, 2.05) is 11.3 Å². The van der Waals surface area contributed by atoms with Crippen molar-refractivity contribution in [1.29, 1.82) is 0 Å². The van der Waals surface area contributed by atoms with Crippen molar-refractivity contribution in [3.05, 3.63) is 10.6 Å². The average molecular weight is 293 g/mol. The molecule has 0 radical (unpaired) electrons. The predicted molar refractivity (Wildman–Crippen MR) is 86.3 cm³/mol. The lowest BCUT2D eigenvalue weighted by molar-refractivity contribution is 0.226. The fraction of sp³-hybridized carbons (Fsp3) is 0.812. The Bertz CT molecular complexity index is 439. The van der Waals surface area contributed by atoms with Crippen LogP contribution < -0.4 is 10.6 Å².